The molecule has 106 valence electrons. The van der Waals surface area contributed by atoms with Crippen molar-refractivity contribution in [3.8, 4) is 23.7 Å². The summed E-state index contributed by atoms with van der Waals surface area (Å²) in [7, 11) is 0. The molecule has 0 aliphatic rings. The summed E-state index contributed by atoms with van der Waals surface area (Å²) < 4.78 is 106. The Morgan fingerprint density at radius 2 is 1.00 bits per heavy atom. The lowest BCUT2D eigenvalue weighted by atomic mass is 10.2. The molecule has 0 aromatic carbocycles. The summed E-state index contributed by atoms with van der Waals surface area (Å²) in [5, 5.41) is -2.26. The second-order valence-corrected chi connectivity index (χ2v) is 3.06. The second kappa shape index (κ2) is 5.66. The largest absolute Gasteiger partial charge is 0.458 e. The molecule has 0 fully saturated rings. The van der Waals surface area contributed by atoms with Gasteiger partial charge >= 0.3 is 18.5 Å². The van der Waals surface area contributed by atoms with E-state index < -0.39 is 29.1 Å². The number of hydrogen-bond acceptors (Lipinski definition) is 0. The van der Waals surface area contributed by atoms with E-state index in [0.29, 0.717) is 11.8 Å². The fraction of sp³-hybridized carbons (Fsp3) is 0.333. The number of alkyl halides is 9. The van der Waals surface area contributed by atoms with Crippen LogP contribution in [-0.2, 0) is 0 Å². The zero-order valence-electron chi connectivity index (χ0n) is 8.28. The van der Waals surface area contributed by atoms with Gasteiger partial charge in [0.25, 0.3) is 0 Å². The molecule has 0 rings (SSSR count). The smallest absolute Gasteiger partial charge is 0.165 e. The summed E-state index contributed by atoms with van der Waals surface area (Å²) in [6.07, 6.45) is -15.8. The highest BCUT2D eigenvalue weighted by atomic mass is 35.5. The van der Waals surface area contributed by atoms with E-state index in [1.54, 1.807) is 0 Å². The fourth-order valence-electron chi connectivity index (χ4n) is 0.549. The number of hydrogen-bond donors (Lipinski definition) is 0. The molecular weight excluding hydrogens is 315 g/mol. The van der Waals surface area contributed by atoms with Crippen molar-refractivity contribution in [3.05, 3.63) is 10.6 Å². The van der Waals surface area contributed by atoms with Crippen LogP contribution in [0.3, 0.4) is 0 Å². The van der Waals surface area contributed by atoms with Crippen molar-refractivity contribution in [1.82, 2.24) is 0 Å². The molecule has 0 amide bonds. The maximum absolute atomic E-state index is 12.1. The van der Waals surface area contributed by atoms with E-state index in [4.69, 9.17) is 0 Å². The Morgan fingerprint density at radius 1 is 0.684 bits per heavy atom. The summed E-state index contributed by atoms with van der Waals surface area (Å²) in [4.78, 5) is 0. The van der Waals surface area contributed by atoms with E-state index in [-0.39, 0.29) is 0 Å². The maximum atomic E-state index is 12.1. The standard InChI is InChI=1S/C9ClF9/c10-6(9(17,18)19)5(1-3-7(11,12)13)2-4-8(14,15)16. The Morgan fingerprint density at radius 3 is 1.21 bits per heavy atom. The third-order valence-electron chi connectivity index (χ3n) is 1.13. The average Bonchev–Trinajstić information content (AvgIpc) is 2.12. The molecule has 0 aromatic heterocycles. The van der Waals surface area contributed by atoms with Crippen LogP contribution >= 0.6 is 11.6 Å². The summed E-state index contributed by atoms with van der Waals surface area (Å²) in [6.45, 7) is 0. The van der Waals surface area contributed by atoms with E-state index in [0.717, 1.165) is 11.8 Å². The molecule has 0 radical (unpaired) electrons. The van der Waals surface area contributed by atoms with Gasteiger partial charge in [-0.2, -0.15) is 39.5 Å². The van der Waals surface area contributed by atoms with Gasteiger partial charge in [-0.1, -0.05) is 11.6 Å². The van der Waals surface area contributed by atoms with Crippen LogP contribution in [-0.4, -0.2) is 18.5 Å². The lowest BCUT2D eigenvalue weighted by Gasteiger charge is -2.04. The minimum Gasteiger partial charge on any atom is -0.165 e. The Hall–Kier alpha value is -1.48. The lowest BCUT2D eigenvalue weighted by Crippen LogP contribution is -2.10. The van der Waals surface area contributed by atoms with Crippen molar-refractivity contribution in [2.24, 2.45) is 0 Å². The van der Waals surface area contributed by atoms with Crippen molar-refractivity contribution in [3.63, 3.8) is 0 Å². The Kier molecular flexibility index (Phi) is 5.22. The third kappa shape index (κ3) is 8.27. The van der Waals surface area contributed by atoms with E-state index in [1.165, 1.54) is 0 Å². The van der Waals surface area contributed by atoms with Gasteiger partial charge in [0, 0.05) is 11.8 Å². The molecule has 0 aliphatic heterocycles. The van der Waals surface area contributed by atoms with Crippen LogP contribution in [0.15, 0.2) is 10.6 Å². The number of allylic oxidation sites excluding steroid dienone is 2. The quantitative estimate of drug-likeness (QED) is 0.465. The van der Waals surface area contributed by atoms with Crippen LogP contribution in [0, 0.1) is 23.7 Å². The van der Waals surface area contributed by atoms with Crippen molar-refractivity contribution in [1.29, 1.82) is 0 Å². The molecule has 0 N–H and O–H groups in total. The van der Waals surface area contributed by atoms with Crippen LogP contribution in [0.2, 0.25) is 0 Å². The van der Waals surface area contributed by atoms with Gasteiger partial charge in [-0.25, -0.2) is 0 Å². The zero-order chi connectivity index (χ0) is 15.5. The van der Waals surface area contributed by atoms with Gasteiger partial charge in [0.1, 0.15) is 5.03 Å². The number of rotatable bonds is 0. The van der Waals surface area contributed by atoms with Crippen LogP contribution in [0.1, 0.15) is 0 Å². The molecule has 19 heavy (non-hydrogen) atoms. The van der Waals surface area contributed by atoms with E-state index in [1.807, 2.05) is 0 Å². The highest BCUT2D eigenvalue weighted by Gasteiger charge is 2.35. The first-order chi connectivity index (χ1) is 8.22. The van der Waals surface area contributed by atoms with Crippen LogP contribution in [0.4, 0.5) is 39.5 Å². The van der Waals surface area contributed by atoms with Gasteiger partial charge in [-0.3, -0.25) is 0 Å². The maximum Gasteiger partial charge on any atom is 0.458 e. The van der Waals surface area contributed by atoms with Gasteiger partial charge in [-0.15, -0.1) is 0 Å². The monoisotopic (exact) mass is 314 g/mol. The topological polar surface area (TPSA) is 0 Å². The molecule has 0 heterocycles. The van der Waals surface area contributed by atoms with Crippen LogP contribution < -0.4 is 0 Å². The van der Waals surface area contributed by atoms with E-state index >= 15 is 0 Å². The first-order valence-corrected chi connectivity index (χ1v) is 4.27. The molecule has 10 heteroatoms. The molecule has 0 saturated carbocycles. The average molecular weight is 315 g/mol. The molecule has 0 unspecified atom stereocenters. The molecule has 0 bridgehead atoms. The minimum atomic E-state index is -5.36. The normalized spacial score (nSPS) is 11.9. The summed E-state index contributed by atoms with van der Waals surface area (Å²) >= 11 is 4.60. The second-order valence-electron chi connectivity index (χ2n) is 2.68. The summed E-state index contributed by atoms with van der Waals surface area (Å²) in [6, 6.07) is 0. The molecular formula is C9ClF9. The zero-order valence-corrected chi connectivity index (χ0v) is 9.04. The van der Waals surface area contributed by atoms with Crippen molar-refractivity contribution in [2.45, 2.75) is 18.5 Å². The van der Waals surface area contributed by atoms with Gasteiger partial charge < -0.3 is 0 Å². The Labute approximate surface area is 105 Å². The van der Waals surface area contributed by atoms with Gasteiger partial charge in [0.2, 0.25) is 0 Å². The van der Waals surface area contributed by atoms with E-state index in [2.05, 4.69) is 11.6 Å². The first-order valence-electron chi connectivity index (χ1n) is 3.89. The highest BCUT2D eigenvalue weighted by Crippen LogP contribution is 2.31. The number of halogens is 10. The van der Waals surface area contributed by atoms with Crippen LogP contribution in [0.5, 0.6) is 0 Å². The molecule has 0 saturated heterocycles. The van der Waals surface area contributed by atoms with Gasteiger partial charge in [0.15, 0.2) is 0 Å². The molecule has 0 spiro atoms. The molecule has 0 aromatic rings. The molecule has 0 nitrogen and oxygen atoms in total. The van der Waals surface area contributed by atoms with Gasteiger partial charge in [0.05, 0.1) is 5.57 Å². The Bertz CT molecular complexity index is 447. The lowest BCUT2D eigenvalue weighted by molar-refractivity contribution is -0.0851. The predicted octanol–water partition coefficient (Wildman–Crippen LogP) is 4.17. The van der Waals surface area contributed by atoms with Crippen molar-refractivity contribution >= 4 is 11.6 Å². The molecule has 0 atom stereocenters. The van der Waals surface area contributed by atoms with Gasteiger partial charge in [-0.05, 0) is 11.8 Å². The summed E-state index contributed by atoms with van der Waals surface area (Å²) in [5.41, 5.74) is -1.82. The van der Waals surface area contributed by atoms with Crippen molar-refractivity contribution < 1.29 is 39.5 Å². The highest BCUT2D eigenvalue weighted by molar-refractivity contribution is 6.31. The Balaban J connectivity index is 5.77. The first kappa shape index (κ1) is 17.5. The van der Waals surface area contributed by atoms with E-state index in [9.17, 15) is 39.5 Å². The SMILES string of the molecule is FC(F)(F)C#CC(C#CC(F)(F)F)=C(Cl)C(F)(F)F. The minimum absolute atomic E-state index is 0.349. The van der Waals surface area contributed by atoms with Crippen LogP contribution in [0.25, 0.3) is 0 Å². The molecule has 0 aliphatic carbocycles. The predicted molar refractivity (Wildman–Crippen MR) is 46.6 cm³/mol. The van der Waals surface area contributed by atoms with Crippen molar-refractivity contribution in [2.75, 3.05) is 0 Å². The summed E-state index contributed by atoms with van der Waals surface area (Å²) in [5.74, 6) is 2.33. The third-order valence-corrected chi connectivity index (χ3v) is 1.53. The fourth-order valence-corrected chi connectivity index (χ4v) is 0.644.